The Bertz CT molecular complexity index is 1220. The molecule has 0 bridgehead atoms. The number of anilines is 1. The summed E-state index contributed by atoms with van der Waals surface area (Å²) < 4.78 is 10.9. The van der Waals surface area contributed by atoms with E-state index in [-0.39, 0.29) is 19.0 Å². The first-order valence-electron chi connectivity index (χ1n) is 10.4. The number of nitrogens with one attached hydrogen (secondary N) is 2. The number of methoxy groups -OCH3 is 1. The summed E-state index contributed by atoms with van der Waals surface area (Å²) in [5.74, 6) is 5.79. The lowest BCUT2D eigenvalue weighted by atomic mass is 10.0. The SMILES string of the molecule is COC(=O)C(Nc1ccc(C(=N)N)cc1)c1cc(Cl)cc(C#Cc2ccccc2)c1OCCO. The van der Waals surface area contributed by atoms with Crippen LogP contribution in [0.3, 0.4) is 0 Å². The molecule has 5 N–H and O–H groups in total. The van der Waals surface area contributed by atoms with Gasteiger partial charge in [-0.15, -0.1) is 0 Å². The topological polar surface area (TPSA) is 118 Å². The number of halogens is 1. The maximum absolute atomic E-state index is 12.8. The normalized spacial score (nSPS) is 11.0. The molecule has 0 aliphatic rings. The molecule has 174 valence electrons. The predicted molar refractivity (Wildman–Crippen MR) is 132 cm³/mol. The van der Waals surface area contributed by atoms with Gasteiger partial charge in [-0.05, 0) is 48.5 Å². The van der Waals surface area contributed by atoms with Crippen LogP contribution in [-0.2, 0) is 9.53 Å². The zero-order valence-corrected chi connectivity index (χ0v) is 19.2. The molecule has 34 heavy (non-hydrogen) atoms. The number of hydrogen-bond donors (Lipinski definition) is 4. The van der Waals surface area contributed by atoms with Crippen molar-refractivity contribution in [3.05, 3.63) is 94.0 Å². The third kappa shape index (κ3) is 6.29. The zero-order valence-electron chi connectivity index (χ0n) is 18.5. The predicted octanol–water partition coefficient (Wildman–Crippen LogP) is 3.72. The van der Waals surface area contributed by atoms with E-state index in [0.717, 1.165) is 5.56 Å². The van der Waals surface area contributed by atoms with Crippen molar-refractivity contribution < 1.29 is 19.4 Å². The fraction of sp³-hybridized carbons (Fsp3) is 0.154. The minimum absolute atomic E-state index is 0.00412. The van der Waals surface area contributed by atoms with Crippen LogP contribution in [-0.4, -0.2) is 37.2 Å². The monoisotopic (exact) mass is 477 g/mol. The van der Waals surface area contributed by atoms with Crippen LogP contribution in [0.15, 0.2) is 66.7 Å². The number of aliphatic hydroxyl groups is 1. The third-order valence-corrected chi connectivity index (χ3v) is 5.01. The first-order chi connectivity index (χ1) is 16.4. The highest BCUT2D eigenvalue weighted by Gasteiger charge is 2.27. The Morgan fingerprint density at radius 3 is 2.47 bits per heavy atom. The summed E-state index contributed by atoms with van der Waals surface area (Å²) in [5.41, 5.74) is 8.32. The minimum atomic E-state index is -0.988. The molecule has 3 rings (SSSR count). The molecule has 0 aromatic heterocycles. The van der Waals surface area contributed by atoms with Gasteiger partial charge in [-0.25, -0.2) is 4.79 Å². The highest BCUT2D eigenvalue weighted by molar-refractivity contribution is 6.30. The zero-order chi connectivity index (χ0) is 24.5. The molecule has 0 saturated heterocycles. The molecule has 7 nitrogen and oxygen atoms in total. The van der Waals surface area contributed by atoms with Crippen molar-refractivity contribution in [3.8, 4) is 17.6 Å². The fourth-order valence-corrected chi connectivity index (χ4v) is 3.41. The molecule has 0 heterocycles. The molecule has 0 saturated carbocycles. The van der Waals surface area contributed by atoms with Crippen LogP contribution >= 0.6 is 11.6 Å². The van der Waals surface area contributed by atoms with E-state index in [1.54, 1.807) is 36.4 Å². The van der Waals surface area contributed by atoms with Crippen LogP contribution in [0.25, 0.3) is 0 Å². The van der Waals surface area contributed by atoms with Gasteiger partial charge in [0.15, 0.2) is 6.04 Å². The second-order valence-electron chi connectivity index (χ2n) is 7.15. The van der Waals surface area contributed by atoms with E-state index in [4.69, 9.17) is 32.2 Å². The minimum Gasteiger partial charge on any atom is -0.489 e. The van der Waals surface area contributed by atoms with Crippen LogP contribution in [0.4, 0.5) is 5.69 Å². The number of benzene rings is 3. The Kier molecular flexibility index (Phi) is 8.52. The molecule has 1 unspecified atom stereocenters. The third-order valence-electron chi connectivity index (χ3n) is 4.79. The molecular weight excluding hydrogens is 454 g/mol. The molecule has 0 radical (unpaired) electrons. The summed E-state index contributed by atoms with van der Waals surface area (Å²) in [7, 11) is 1.28. The van der Waals surface area contributed by atoms with Crippen molar-refractivity contribution in [1.82, 2.24) is 0 Å². The van der Waals surface area contributed by atoms with E-state index in [0.29, 0.717) is 33.1 Å². The molecule has 0 fully saturated rings. The maximum atomic E-state index is 12.8. The summed E-state index contributed by atoms with van der Waals surface area (Å²) in [6, 6.07) is 18.4. The fourth-order valence-electron chi connectivity index (χ4n) is 3.19. The van der Waals surface area contributed by atoms with Crippen LogP contribution in [0, 0.1) is 17.3 Å². The first-order valence-corrected chi connectivity index (χ1v) is 10.7. The van der Waals surface area contributed by atoms with E-state index in [1.165, 1.54) is 7.11 Å². The van der Waals surface area contributed by atoms with Gasteiger partial charge in [-0.1, -0.05) is 41.6 Å². The Labute approximate surface area is 203 Å². The Balaban J connectivity index is 2.08. The highest BCUT2D eigenvalue weighted by Crippen LogP contribution is 2.35. The number of carbonyl (C=O) groups excluding carboxylic acids is 1. The maximum Gasteiger partial charge on any atom is 0.333 e. The molecule has 3 aromatic carbocycles. The van der Waals surface area contributed by atoms with Gasteiger partial charge >= 0.3 is 5.97 Å². The Hall–Kier alpha value is -3.99. The van der Waals surface area contributed by atoms with Gasteiger partial charge in [0.2, 0.25) is 0 Å². The molecule has 3 aromatic rings. The number of hydrogen-bond acceptors (Lipinski definition) is 6. The van der Waals surface area contributed by atoms with Crippen molar-refractivity contribution >= 4 is 29.1 Å². The largest absolute Gasteiger partial charge is 0.489 e. The van der Waals surface area contributed by atoms with Gasteiger partial charge < -0.3 is 25.6 Å². The lowest BCUT2D eigenvalue weighted by Crippen LogP contribution is -2.24. The molecule has 0 aliphatic carbocycles. The van der Waals surface area contributed by atoms with Crippen molar-refractivity contribution in [2.45, 2.75) is 6.04 Å². The average molecular weight is 478 g/mol. The summed E-state index contributed by atoms with van der Waals surface area (Å²) in [6.07, 6.45) is 0. The van der Waals surface area contributed by atoms with Crippen molar-refractivity contribution in [2.24, 2.45) is 5.73 Å². The van der Waals surface area contributed by atoms with E-state index in [9.17, 15) is 9.90 Å². The molecule has 0 spiro atoms. The van der Waals surface area contributed by atoms with Crippen LogP contribution < -0.4 is 15.8 Å². The number of esters is 1. The number of carbonyl (C=O) groups is 1. The standard InChI is InChI=1S/C26H24ClN3O4/c1-33-26(32)23(30-21-11-9-18(10-12-21)25(28)29)22-16-20(27)15-19(24(22)34-14-13-31)8-7-17-5-3-2-4-6-17/h2-6,9-12,15-16,23,30-31H,13-14H2,1H3,(H3,28,29). The van der Waals surface area contributed by atoms with Gasteiger partial charge in [0.05, 0.1) is 19.3 Å². The number of nitrogen functional groups attached to an aromatic ring is 1. The summed E-state index contributed by atoms with van der Waals surface area (Å²) in [4.78, 5) is 12.8. The number of rotatable bonds is 8. The van der Waals surface area contributed by atoms with Crippen molar-refractivity contribution in [3.63, 3.8) is 0 Å². The summed E-state index contributed by atoms with van der Waals surface area (Å²) >= 11 is 6.40. The van der Waals surface area contributed by atoms with Crippen molar-refractivity contribution in [1.29, 1.82) is 5.41 Å². The molecule has 8 heteroatoms. The Morgan fingerprint density at radius 2 is 1.85 bits per heavy atom. The quantitative estimate of drug-likeness (QED) is 0.170. The molecule has 1 atom stereocenters. The smallest absolute Gasteiger partial charge is 0.333 e. The lowest BCUT2D eigenvalue weighted by molar-refractivity contribution is -0.141. The van der Waals surface area contributed by atoms with E-state index in [1.807, 2.05) is 30.3 Å². The molecule has 0 aliphatic heterocycles. The van der Waals surface area contributed by atoms with Crippen LogP contribution in [0.5, 0.6) is 5.75 Å². The van der Waals surface area contributed by atoms with E-state index in [2.05, 4.69) is 17.2 Å². The lowest BCUT2D eigenvalue weighted by Gasteiger charge is -2.22. The summed E-state index contributed by atoms with van der Waals surface area (Å²) in [6.45, 7) is -0.230. The number of ether oxygens (including phenoxy) is 2. The van der Waals surface area contributed by atoms with Crippen LogP contribution in [0.2, 0.25) is 5.02 Å². The number of nitrogens with two attached hydrogens (primary N) is 1. The molecular formula is C26H24ClN3O4. The average Bonchev–Trinajstić information content (AvgIpc) is 2.85. The first kappa shape index (κ1) is 24.6. The Morgan fingerprint density at radius 1 is 1.15 bits per heavy atom. The molecule has 0 amide bonds. The number of aliphatic hydroxyl groups excluding tert-OH is 1. The summed E-state index contributed by atoms with van der Waals surface area (Å²) in [5, 5.41) is 20.4. The van der Waals surface area contributed by atoms with Gasteiger partial charge in [0.25, 0.3) is 0 Å². The van der Waals surface area contributed by atoms with Gasteiger partial charge in [-0.2, -0.15) is 0 Å². The second-order valence-corrected chi connectivity index (χ2v) is 7.59. The van der Waals surface area contributed by atoms with E-state index < -0.39 is 12.0 Å². The van der Waals surface area contributed by atoms with Gasteiger partial charge in [0, 0.05) is 27.4 Å². The van der Waals surface area contributed by atoms with Crippen LogP contribution in [0.1, 0.15) is 28.3 Å². The second kappa shape index (κ2) is 11.8. The highest BCUT2D eigenvalue weighted by atomic mass is 35.5. The van der Waals surface area contributed by atoms with E-state index >= 15 is 0 Å². The number of amidine groups is 1. The van der Waals surface area contributed by atoms with Gasteiger partial charge in [-0.3, -0.25) is 5.41 Å². The van der Waals surface area contributed by atoms with Gasteiger partial charge in [0.1, 0.15) is 18.2 Å². The van der Waals surface area contributed by atoms with Crippen molar-refractivity contribution in [2.75, 3.05) is 25.6 Å².